The highest BCUT2D eigenvalue weighted by Gasteiger charge is 2.35. The molecule has 1 aliphatic rings. The number of carbonyl (C=O) groups excluding carboxylic acids is 2. The Morgan fingerprint density at radius 2 is 1.61 bits per heavy atom. The summed E-state index contributed by atoms with van der Waals surface area (Å²) in [5.74, 6) is 0.550. The number of nitrogens with one attached hydrogen (secondary N) is 3. The van der Waals surface area contributed by atoms with Crippen LogP contribution in [0, 0.1) is 6.92 Å². The molecule has 0 aliphatic carbocycles. The first kappa shape index (κ1) is 25.1. The van der Waals surface area contributed by atoms with Crippen molar-refractivity contribution in [2.75, 3.05) is 23.1 Å². The van der Waals surface area contributed by atoms with Crippen molar-refractivity contribution in [2.24, 2.45) is 0 Å². The second-order valence-electron chi connectivity index (χ2n) is 8.98. The van der Waals surface area contributed by atoms with Gasteiger partial charge < -0.3 is 20.7 Å². The number of halogens is 1. The molecule has 8 nitrogen and oxygen atoms in total. The van der Waals surface area contributed by atoms with E-state index >= 15 is 0 Å². The lowest BCUT2D eigenvalue weighted by Crippen LogP contribution is -2.32. The molecule has 2 heterocycles. The molecule has 0 bridgehead atoms. The maximum Gasteiger partial charge on any atom is 0.261 e. The van der Waals surface area contributed by atoms with Crippen molar-refractivity contribution < 1.29 is 14.3 Å². The quantitative estimate of drug-likeness (QED) is 0.284. The monoisotopic (exact) mass is 527 g/mol. The molecule has 0 saturated carbocycles. The van der Waals surface area contributed by atoms with Crippen molar-refractivity contribution in [1.29, 1.82) is 0 Å². The minimum Gasteiger partial charge on any atom is -0.497 e. The Morgan fingerprint density at radius 1 is 0.947 bits per heavy atom. The van der Waals surface area contributed by atoms with E-state index in [0.29, 0.717) is 44.8 Å². The van der Waals surface area contributed by atoms with Crippen LogP contribution in [0.15, 0.2) is 90.3 Å². The van der Waals surface area contributed by atoms with Gasteiger partial charge >= 0.3 is 0 Å². The number of methoxy groups -OCH3 is 1. The summed E-state index contributed by atoms with van der Waals surface area (Å²) in [6.07, 6.45) is 1.50. The van der Waals surface area contributed by atoms with Gasteiger partial charge in [-0.25, -0.2) is 4.68 Å². The van der Waals surface area contributed by atoms with Crippen LogP contribution in [-0.4, -0.2) is 28.7 Å². The molecule has 2 amide bonds. The average molecular weight is 528 g/mol. The minimum atomic E-state index is -0.621. The number of hydrogen-bond donors (Lipinski definition) is 3. The standard InChI is InChI=1S/C29H26ClN5O3/c1-17-7-9-21(10-8-17)33-28(36)24-16-31-35-26(19-5-4-6-20(30)15-19)25(18(2)32-27(24)35)29(37)34-22-11-13-23(38-3)14-12-22/h4-16,26,32H,1-3H3,(H,33,36)(H,34,37)/t26-/m1/s1. The van der Waals surface area contributed by atoms with Gasteiger partial charge in [0, 0.05) is 22.1 Å². The molecule has 9 heteroatoms. The number of nitrogens with zero attached hydrogens (tertiary/aromatic N) is 2. The van der Waals surface area contributed by atoms with Gasteiger partial charge in [-0.1, -0.05) is 41.4 Å². The van der Waals surface area contributed by atoms with E-state index in [0.717, 1.165) is 11.1 Å². The fourth-order valence-electron chi connectivity index (χ4n) is 4.41. The van der Waals surface area contributed by atoms with Crippen molar-refractivity contribution >= 4 is 40.6 Å². The number of benzene rings is 3. The second-order valence-corrected chi connectivity index (χ2v) is 9.41. The van der Waals surface area contributed by atoms with Gasteiger partial charge in [-0.15, -0.1) is 0 Å². The van der Waals surface area contributed by atoms with Crippen molar-refractivity contribution in [3.05, 3.63) is 112 Å². The average Bonchev–Trinajstić information content (AvgIpc) is 3.33. The maximum atomic E-state index is 13.6. The molecule has 0 fully saturated rings. The van der Waals surface area contributed by atoms with E-state index in [4.69, 9.17) is 16.3 Å². The fraction of sp³-hybridized carbons (Fsp3) is 0.138. The Bertz CT molecular complexity index is 1540. The molecular formula is C29H26ClN5O3. The number of anilines is 3. The van der Waals surface area contributed by atoms with Gasteiger partial charge in [0.05, 0.1) is 18.9 Å². The number of aryl methyl sites for hydroxylation is 1. The third-order valence-corrected chi connectivity index (χ3v) is 6.57. The molecule has 1 aliphatic heterocycles. The molecule has 1 aromatic heterocycles. The largest absolute Gasteiger partial charge is 0.497 e. The molecule has 0 saturated heterocycles. The molecule has 5 rings (SSSR count). The number of allylic oxidation sites excluding steroid dienone is 1. The number of carbonyl (C=O) groups is 2. The van der Waals surface area contributed by atoms with Crippen LogP contribution in [0.1, 0.15) is 34.5 Å². The number of fused-ring (bicyclic) bond motifs is 1. The molecule has 1 atom stereocenters. The molecule has 3 N–H and O–H groups in total. The Balaban J connectivity index is 1.52. The molecule has 0 radical (unpaired) electrons. The van der Waals surface area contributed by atoms with Gasteiger partial charge in [-0.2, -0.15) is 5.10 Å². The van der Waals surface area contributed by atoms with Crippen LogP contribution in [-0.2, 0) is 4.79 Å². The van der Waals surface area contributed by atoms with Crippen LogP contribution >= 0.6 is 11.6 Å². The van der Waals surface area contributed by atoms with Crippen LogP contribution in [0.2, 0.25) is 5.02 Å². The number of ether oxygens (including phenoxy) is 1. The summed E-state index contributed by atoms with van der Waals surface area (Å²) < 4.78 is 6.85. The fourth-order valence-corrected chi connectivity index (χ4v) is 4.61. The van der Waals surface area contributed by atoms with E-state index in [-0.39, 0.29) is 11.8 Å². The van der Waals surface area contributed by atoms with Gasteiger partial charge in [-0.05, 0) is 67.9 Å². The molecule has 4 aromatic rings. The minimum absolute atomic E-state index is 0.308. The Kier molecular flexibility index (Phi) is 6.89. The topological polar surface area (TPSA) is 97.3 Å². The van der Waals surface area contributed by atoms with Crippen LogP contribution in [0.3, 0.4) is 0 Å². The van der Waals surface area contributed by atoms with E-state index in [1.165, 1.54) is 6.20 Å². The summed E-state index contributed by atoms with van der Waals surface area (Å²) in [6, 6.07) is 21.3. The lowest BCUT2D eigenvalue weighted by molar-refractivity contribution is -0.113. The van der Waals surface area contributed by atoms with Crippen LogP contribution < -0.4 is 20.7 Å². The van der Waals surface area contributed by atoms with Crippen LogP contribution in [0.25, 0.3) is 0 Å². The third-order valence-electron chi connectivity index (χ3n) is 6.33. The normalized spacial score (nSPS) is 14.4. The summed E-state index contributed by atoms with van der Waals surface area (Å²) in [4.78, 5) is 26.8. The second kappa shape index (κ2) is 10.4. The van der Waals surface area contributed by atoms with E-state index in [9.17, 15) is 9.59 Å². The highest BCUT2D eigenvalue weighted by Crippen LogP contribution is 2.38. The van der Waals surface area contributed by atoms with Crippen molar-refractivity contribution in [3.8, 4) is 5.75 Å². The zero-order chi connectivity index (χ0) is 26.8. The summed E-state index contributed by atoms with van der Waals surface area (Å²) >= 11 is 6.33. The molecule has 192 valence electrons. The summed E-state index contributed by atoms with van der Waals surface area (Å²) in [5.41, 5.74) is 4.54. The number of amides is 2. The summed E-state index contributed by atoms with van der Waals surface area (Å²) in [5, 5.41) is 14.2. The van der Waals surface area contributed by atoms with E-state index in [2.05, 4.69) is 21.0 Å². The van der Waals surface area contributed by atoms with Crippen LogP contribution in [0.4, 0.5) is 17.2 Å². The first-order valence-electron chi connectivity index (χ1n) is 12.0. The summed E-state index contributed by atoms with van der Waals surface area (Å²) in [6.45, 7) is 3.79. The van der Waals surface area contributed by atoms with Gasteiger partial charge in [-0.3, -0.25) is 9.59 Å². The van der Waals surface area contributed by atoms with Gasteiger partial charge in [0.1, 0.15) is 23.2 Å². The van der Waals surface area contributed by atoms with Gasteiger partial charge in [0.2, 0.25) is 0 Å². The smallest absolute Gasteiger partial charge is 0.261 e. The van der Waals surface area contributed by atoms with Crippen molar-refractivity contribution in [1.82, 2.24) is 9.78 Å². The molecule has 0 spiro atoms. The van der Waals surface area contributed by atoms with E-state index in [1.807, 2.05) is 43.3 Å². The first-order valence-corrected chi connectivity index (χ1v) is 12.4. The molecular weight excluding hydrogens is 502 g/mol. The maximum absolute atomic E-state index is 13.6. The van der Waals surface area contributed by atoms with Gasteiger partial charge in [0.25, 0.3) is 11.8 Å². The zero-order valence-corrected chi connectivity index (χ0v) is 21.8. The van der Waals surface area contributed by atoms with E-state index in [1.54, 1.807) is 55.1 Å². The first-order chi connectivity index (χ1) is 18.3. The lowest BCUT2D eigenvalue weighted by Gasteiger charge is -2.30. The zero-order valence-electron chi connectivity index (χ0n) is 21.1. The van der Waals surface area contributed by atoms with Crippen LogP contribution in [0.5, 0.6) is 5.75 Å². The third kappa shape index (κ3) is 4.99. The number of hydrogen-bond acceptors (Lipinski definition) is 5. The lowest BCUT2D eigenvalue weighted by atomic mass is 9.94. The molecule has 0 unspecified atom stereocenters. The Labute approximate surface area is 225 Å². The van der Waals surface area contributed by atoms with Crippen molar-refractivity contribution in [3.63, 3.8) is 0 Å². The molecule has 38 heavy (non-hydrogen) atoms. The Hall–Kier alpha value is -4.56. The summed E-state index contributed by atoms with van der Waals surface area (Å²) in [7, 11) is 1.59. The predicted molar refractivity (Wildman–Crippen MR) is 149 cm³/mol. The molecule has 3 aromatic carbocycles. The van der Waals surface area contributed by atoms with Crippen molar-refractivity contribution in [2.45, 2.75) is 19.9 Å². The number of aromatic nitrogens is 2. The van der Waals surface area contributed by atoms with E-state index < -0.39 is 6.04 Å². The SMILES string of the molecule is COc1ccc(NC(=O)C2=C(C)Nc3c(C(=O)Nc4ccc(C)cc4)cnn3[C@@H]2c2cccc(Cl)c2)cc1. The highest BCUT2D eigenvalue weighted by atomic mass is 35.5. The predicted octanol–water partition coefficient (Wildman–Crippen LogP) is 6.03. The number of rotatable bonds is 6. The Morgan fingerprint density at radius 3 is 2.26 bits per heavy atom. The van der Waals surface area contributed by atoms with Gasteiger partial charge in [0.15, 0.2) is 0 Å². The highest BCUT2D eigenvalue weighted by molar-refractivity contribution is 6.30.